The van der Waals surface area contributed by atoms with Crippen LogP contribution in [0.15, 0.2) is 0 Å². The SMILES string of the molecule is CCC(C)(C)C1CCC(=O)CC1C1CC1. The van der Waals surface area contributed by atoms with Crippen LogP contribution in [-0.2, 0) is 4.79 Å². The van der Waals surface area contributed by atoms with Crippen molar-refractivity contribution in [2.45, 2.75) is 59.3 Å². The van der Waals surface area contributed by atoms with Gasteiger partial charge in [-0.1, -0.05) is 27.2 Å². The number of ketones is 1. The lowest BCUT2D eigenvalue weighted by Gasteiger charge is -2.42. The topological polar surface area (TPSA) is 17.1 Å². The van der Waals surface area contributed by atoms with Crippen LogP contribution in [-0.4, -0.2) is 5.78 Å². The predicted octanol–water partition coefficient (Wildman–Crippen LogP) is 3.82. The molecular weight excluding hydrogens is 184 g/mol. The summed E-state index contributed by atoms with van der Waals surface area (Å²) in [6.07, 6.45) is 6.90. The van der Waals surface area contributed by atoms with Crippen molar-refractivity contribution in [1.82, 2.24) is 0 Å². The molecule has 1 nitrogen and oxygen atoms in total. The zero-order valence-electron chi connectivity index (χ0n) is 10.4. The third-order valence-corrected chi connectivity index (χ3v) is 4.86. The van der Waals surface area contributed by atoms with Crippen LogP contribution in [0.3, 0.4) is 0 Å². The Balaban J connectivity index is 2.10. The molecular formula is C14H24O. The minimum Gasteiger partial charge on any atom is -0.300 e. The highest BCUT2D eigenvalue weighted by Gasteiger charge is 2.44. The largest absolute Gasteiger partial charge is 0.300 e. The fourth-order valence-corrected chi connectivity index (χ4v) is 3.29. The Bertz CT molecular complexity index is 250. The third-order valence-electron chi connectivity index (χ3n) is 4.86. The van der Waals surface area contributed by atoms with Crippen molar-refractivity contribution in [3.05, 3.63) is 0 Å². The van der Waals surface area contributed by atoms with Gasteiger partial charge in [0.2, 0.25) is 0 Å². The van der Waals surface area contributed by atoms with Crippen LogP contribution >= 0.6 is 0 Å². The van der Waals surface area contributed by atoms with Crippen LogP contribution in [0.5, 0.6) is 0 Å². The summed E-state index contributed by atoms with van der Waals surface area (Å²) in [5.74, 6) is 2.94. The van der Waals surface area contributed by atoms with E-state index >= 15 is 0 Å². The first-order valence-electron chi connectivity index (χ1n) is 6.56. The molecule has 0 aliphatic heterocycles. The predicted molar refractivity (Wildman–Crippen MR) is 62.6 cm³/mol. The van der Waals surface area contributed by atoms with Crippen molar-refractivity contribution >= 4 is 5.78 Å². The zero-order chi connectivity index (χ0) is 11.1. The zero-order valence-corrected chi connectivity index (χ0v) is 10.4. The maximum Gasteiger partial charge on any atom is 0.133 e. The minimum atomic E-state index is 0.438. The Morgan fingerprint density at radius 1 is 1.27 bits per heavy atom. The van der Waals surface area contributed by atoms with Crippen LogP contribution in [0, 0.1) is 23.2 Å². The first kappa shape index (κ1) is 11.2. The average molecular weight is 208 g/mol. The smallest absolute Gasteiger partial charge is 0.133 e. The second kappa shape index (κ2) is 3.92. The molecule has 0 aromatic heterocycles. The summed E-state index contributed by atoms with van der Waals surface area (Å²) in [5, 5.41) is 0. The number of hydrogen-bond acceptors (Lipinski definition) is 1. The molecule has 2 aliphatic rings. The van der Waals surface area contributed by atoms with Gasteiger partial charge in [0.25, 0.3) is 0 Å². The molecule has 2 fully saturated rings. The van der Waals surface area contributed by atoms with Crippen LogP contribution in [0.2, 0.25) is 0 Å². The molecule has 0 spiro atoms. The molecule has 2 unspecified atom stereocenters. The van der Waals surface area contributed by atoms with Gasteiger partial charge in [0, 0.05) is 12.8 Å². The average Bonchev–Trinajstić information content (AvgIpc) is 3.00. The third kappa shape index (κ3) is 2.26. The fraction of sp³-hybridized carbons (Fsp3) is 0.929. The Morgan fingerprint density at radius 3 is 2.47 bits per heavy atom. The summed E-state index contributed by atoms with van der Waals surface area (Å²) in [6, 6.07) is 0. The van der Waals surface area contributed by atoms with E-state index < -0.39 is 0 Å². The van der Waals surface area contributed by atoms with Crippen LogP contribution in [0.1, 0.15) is 59.3 Å². The van der Waals surface area contributed by atoms with Gasteiger partial charge in [0.05, 0.1) is 0 Å². The number of Topliss-reactive ketones (excluding diaryl/α,β-unsaturated/α-hetero) is 1. The fourth-order valence-electron chi connectivity index (χ4n) is 3.29. The number of carbonyl (C=O) groups is 1. The van der Waals surface area contributed by atoms with E-state index in [1.165, 1.54) is 19.3 Å². The molecule has 15 heavy (non-hydrogen) atoms. The molecule has 0 aromatic carbocycles. The number of hydrogen-bond donors (Lipinski definition) is 0. The number of rotatable bonds is 3. The van der Waals surface area contributed by atoms with Crippen molar-refractivity contribution < 1.29 is 4.79 Å². The van der Waals surface area contributed by atoms with Gasteiger partial charge in [0.1, 0.15) is 5.78 Å². The molecule has 86 valence electrons. The van der Waals surface area contributed by atoms with Crippen molar-refractivity contribution in [3.8, 4) is 0 Å². The van der Waals surface area contributed by atoms with Gasteiger partial charge in [-0.3, -0.25) is 4.79 Å². The molecule has 2 saturated carbocycles. The molecule has 0 aromatic rings. The molecule has 0 heterocycles. The summed E-state index contributed by atoms with van der Waals surface area (Å²) in [7, 11) is 0. The highest BCUT2D eigenvalue weighted by Crippen LogP contribution is 2.52. The molecule has 2 rings (SSSR count). The lowest BCUT2D eigenvalue weighted by molar-refractivity contribution is -0.124. The van der Waals surface area contributed by atoms with Gasteiger partial charge in [-0.2, -0.15) is 0 Å². The van der Waals surface area contributed by atoms with Gasteiger partial charge in [-0.05, 0) is 42.4 Å². The highest BCUT2D eigenvalue weighted by atomic mass is 16.1. The first-order chi connectivity index (χ1) is 7.04. The Hall–Kier alpha value is -0.330. The molecule has 2 atom stereocenters. The van der Waals surface area contributed by atoms with Crippen molar-refractivity contribution in [2.24, 2.45) is 23.2 Å². The van der Waals surface area contributed by atoms with E-state index in [-0.39, 0.29) is 0 Å². The molecule has 0 radical (unpaired) electrons. The summed E-state index contributed by atoms with van der Waals surface area (Å²) < 4.78 is 0. The maximum atomic E-state index is 11.6. The van der Waals surface area contributed by atoms with Crippen LogP contribution in [0.4, 0.5) is 0 Å². The summed E-state index contributed by atoms with van der Waals surface area (Å²) in [5.41, 5.74) is 0.438. The van der Waals surface area contributed by atoms with E-state index in [1.807, 2.05) is 0 Å². The molecule has 2 aliphatic carbocycles. The van der Waals surface area contributed by atoms with E-state index in [9.17, 15) is 4.79 Å². The standard InChI is InChI=1S/C14H24O/c1-4-14(2,3)13-8-7-11(15)9-12(13)10-5-6-10/h10,12-13H,4-9H2,1-3H3. The van der Waals surface area contributed by atoms with E-state index in [1.54, 1.807) is 0 Å². The van der Waals surface area contributed by atoms with Gasteiger partial charge < -0.3 is 0 Å². The Labute approximate surface area is 93.6 Å². The lowest BCUT2D eigenvalue weighted by atomic mass is 9.63. The van der Waals surface area contributed by atoms with Gasteiger partial charge >= 0.3 is 0 Å². The summed E-state index contributed by atoms with van der Waals surface area (Å²) >= 11 is 0. The van der Waals surface area contributed by atoms with Crippen LogP contribution in [0.25, 0.3) is 0 Å². The van der Waals surface area contributed by atoms with Crippen LogP contribution < -0.4 is 0 Å². The maximum absolute atomic E-state index is 11.6. The molecule has 0 N–H and O–H groups in total. The quantitative estimate of drug-likeness (QED) is 0.689. The lowest BCUT2D eigenvalue weighted by Crippen LogP contribution is -2.36. The second-order valence-electron chi connectivity index (χ2n) is 6.23. The molecule has 0 saturated heterocycles. The normalized spacial score (nSPS) is 33.1. The van der Waals surface area contributed by atoms with E-state index in [4.69, 9.17) is 0 Å². The van der Waals surface area contributed by atoms with Crippen molar-refractivity contribution in [3.63, 3.8) is 0 Å². The Morgan fingerprint density at radius 2 is 1.93 bits per heavy atom. The van der Waals surface area contributed by atoms with Gasteiger partial charge in [-0.15, -0.1) is 0 Å². The van der Waals surface area contributed by atoms with E-state index in [0.29, 0.717) is 11.2 Å². The highest BCUT2D eigenvalue weighted by molar-refractivity contribution is 5.79. The second-order valence-corrected chi connectivity index (χ2v) is 6.23. The van der Waals surface area contributed by atoms with Crippen molar-refractivity contribution in [1.29, 1.82) is 0 Å². The van der Waals surface area contributed by atoms with E-state index in [0.717, 1.165) is 37.0 Å². The molecule has 0 bridgehead atoms. The van der Waals surface area contributed by atoms with Gasteiger partial charge in [0.15, 0.2) is 0 Å². The van der Waals surface area contributed by atoms with Crippen molar-refractivity contribution in [2.75, 3.05) is 0 Å². The minimum absolute atomic E-state index is 0.438. The van der Waals surface area contributed by atoms with Gasteiger partial charge in [-0.25, -0.2) is 0 Å². The first-order valence-corrected chi connectivity index (χ1v) is 6.56. The number of carbonyl (C=O) groups excluding carboxylic acids is 1. The van der Waals surface area contributed by atoms with E-state index in [2.05, 4.69) is 20.8 Å². The molecule has 1 heteroatoms. The molecule has 0 amide bonds. The summed E-state index contributed by atoms with van der Waals surface area (Å²) in [4.78, 5) is 11.6. The Kier molecular flexibility index (Phi) is 2.92. The monoisotopic (exact) mass is 208 g/mol. The summed E-state index contributed by atoms with van der Waals surface area (Å²) in [6.45, 7) is 7.08.